The summed E-state index contributed by atoms with van der Waals surface area (Å²) in [6.45, 7) is 2.57. The first kappa shape index (κ1) is 25.1. The summed E-state index contributed by atoms with van der Waals surface area (Å²) in [4.78, 5) is 12.6. The van der Waals surface area contributed by atoms with Gasteiger partial charge in [-0.05, 0) is 57.3 Å². The summed E-state index contributed by atoms with van der Waals surface area (Å²) >= 11 is 0. The van der Waals surface area contributed by atoms with E-state index in [1.807, 2.05) is 6.92 Å². The molecule has 1 amide bonds. The van der Waals surface area contributed by atoms with Gasteiger partial charge in [-0.15, -0.1) is 0 Å². The maximum atomic E-state index is 13.2. The van der Waals surface area contributed by atoms with Crippen LogP contribution in [0.2, 0.25) is 0 Å². The smallest absolute Gasteiger partial charge is 0.273 e. The maximum Gasteiger partial charge on any atom is 0.273 e. The molecule has 32 heavy (non-hydrogen) atoms. The highest BCUT2D eigenvalue weighted by Crippen LogP contribution is 2.30. The summed E-state index contributed by atoms with van der Waals surface area (Å²) in [5, 5.41) is 18.7. The first-order valence-electron chi connectivity index (χ1n) is 11.9. The van der Waals surface area contributed by atoms with Gasteiger partial charge in [-0.1, -0.05) is 12.1 Å². The quantitative estimate of drug-likeness (QED) is 0.393. The van der Waals surface area contributed by atoms with Gasteiger partial charge < -0.3 is 26.0 Å². The summed E-state index contributed by atoms with van der Waals surface area (Å²) in [5.74, 6) is 0.475. The summed E-state index contributed by atoms with van der Waals surface area (Å²) < 4.78 is 31.4. The van der Waals surface area contributed by atoms with Gasteiger partial charge in [-0.3, -0.25) is 4.79 Å². The van der Waals surface area contributed by atoms with Gasteiger partial charge in [0, 0.05) is 37.2 Å². The molecule has 0 aliphatic heterocycles. The van der Waals surface area contributed by atoms with E-state index in [4.69, 9.17) is 15.4 Å². The van der Waals surface area contributed by atoms with Gasteiger partial charge in [0.25, 0.3) is 5.91 Å². The van der Waals surface area contributed by atoms with E-state index in [-0.39, 0.29) is 53.3 Å². The number of nitrogens with zero attached hydrogens (tertiary/aromatic N) is 1. The number of aliphatic hydroxyl groups excluding tert-OH is 1. The highest BCUT2D eigenvalue weighted by Gasteiger charge is 2.35. The van der Waals surface area contributed by atoms with Gasteiger partial charge in [0.05, 0.1) is 17.6 Å². The Morgan fingerprint density at radius 1 is 1.19 bits per heavy atom. The lowest BCUT2D eigenvalue weighted by Gasteiger charge is -2.30. The molecular formula is C22H38N4O5S. The normalized spacial score (nSPS) is 29.4. The van der Waals surface area contributed by atoms with Crippen LogP contribution in [0, 0.1) is 5.92 Å². The molecular weight excluding hydrogens is 432 g/mol. The lowest BCUT2D eigenvalue weighted by atomic mass is 9.95. The Morgan fingerprint density at radius 2 is 1.94 bits per heavy atom. The van der Waals surface area contributed by atoms with Crippen LogP contribution in [0.5, 0.6) is 0 Å². The topological polar surface area (TPSA) is 148 Å². The number of aliphatic hydroxyl groups is 1. The van der Waals surface area contributed by atoms with E-state index in [1.165, 1.54) is 0 Å². The van der Waals surface area contributed by atoms with Crippen molar-refractivity contribution in [2.45, 2.75) is 88.1 Å². The van der Waals surface area contributed by atoms with Gasteiger partial charge >= 0.3 is 0 Å². The summed E-state index contributed by atoms with van der Waals surface area (Å²) in [7, 11) is -3.22. The van der Waals surface area contributed by atoms with Crippen LogP contribution in [0.25, 0.3) is 0 Å². The second-order valence-corrected chi connectivity index (χ2v) is 11.7. The minimum atomic E-state index is -3.22. The van der Waals surface area contributed by atoms with Crippen molar-refractivity contribution >= 4 is 15.7 Å². The second-order valence-electron chi connectivity index (χ2n) is 9.36. The highest BCUT2D eigenvalue weighted by atomic mass is 32.2. The fraction of sp³-hybridized carbons (Fsp3) is 0.818. The summed E-state index contributed by atoms with van der Waals surface area (Å²) in [6.07, 6.45) is 6.35. The monoisotopic (exact) mass is 470 g/mol. The predicted octanol–water partition coefficient (Wildman–Crippen LogP) is 1.16. The van der Waals surface area contributed by atoms with E-state index in [1.54, 1.807) is 6.07 Å². The molecule has 1 aromatic heterocycles. The molecule has 0 radical (unpaired) electrons. The fourth-order valence-corrected chi connectivity index (χ4v) is 7.25. The fourth-order valence-electron chi connectivity index (χ4n) is 5.02. The molecule has 3 atom stereocenters. The number of carbonyl (C=O) groups excluding carboxylic acids is 1. The number of carbonyl (C=O) groups is 1. The average molecular weight is 471 g/mol. The van der Waals surface area contributed by atoms with Crippen LogP contribution in [0.3, 0.4) is 0 Å². The van der Waals surface area contributed by atoms with Gasteiger partial charge in [0.2, 0.25) is 0 Å². The molecule has 2 saturated carbocycles. The lowest BCUT2D eigenvalue weighted by Crippen LogP contribution is -2.41. The van der Waals surface area contributed by atoms with Crippen molar-refractivity contribution in [1.82, 2.24) is 15.8 Å². The second kappa shape index (κ2) is 11.6. The minimum absolute atomic E-state index is 0.0207. The van der Waals surface area contributed by atoms with Crippen molar-refractivity contribution in [2.24, 2.45) is 11.7 Å². The molecule has 0 unspecified atom stereocenters. The van der Waals surface area contributed by atoms with Crippen molar-refractivity contribution in [3.63, 3.8) is 0 Å². The van der Waals surface area contributed by atoms with Crippen LogP contribution in [0.4, 0.5) is 0 Å². The van der Waals surface area contributed by atoms with Crippen molar-refractivity contribution in [3.05, 3.63) is 17.5 Å². The molecule has 0 aromatic carbocycles. The Labute approximate surface area is 190 Å². The van der Waals surface area contributed by atoms with Crippen LogP contribution in [-0.2, 0) is 16.3 Å². The Bertz CT molecular complexity index is 835. The van der Waals surface area contributed by atoms with E-state index in [0.717, 1.165) is 25.7 Å². The predicted molar refractivity (Wildman–Crippen MR) is 122 cm³/mol. The number of nitrogens with one attached hydrogen (secondary N) is 2. The molecule has 0 spiro atoms. The number of hydrogen-bond acceptors (Lipinski definition) is 8. The van der Waals surface area contributed by atoms with Crippen molar-refractivity contribution in [3.8, 4) is 0 Å². The molecule has 1 aromatic rings. The van der Waals surface area contributed by atoms with E-state index < -0.39 is 9.84 Å². The molecule has 0 saturated heterocycles. The number of sulfone groups is 1. The van der Waals surface area contributed by atoms with Crippen LogP contribution in [0.1, 0.15) is 74.5 Å². The molecule has 10 heteroatoms. The number of nitrogens with two attached hydrogens (primary N) is 1. The number of amides is 1. The molecule has 9 nitrogen and oxygen atoms in total. The average Bonchev–Trinajstić information content (AvgIpc) is 3.19. The van der Waals surface area contributed by atoms with Crippen molar-refractivity contribution in [1.29, 1.82) is 0 Å². The number of aromatic nitrogens is 1. The number of rotatable bonds is 9. The van der Waals surface area contributed by atoms with E-state index >= 15 is 0 Å². The van der Waals surface area contributed by atoms with Gasteiger partial charge in [0.15, 0.2) is 15.5 Å². The zero-order valence-electron chi connectivity index (χ0n) is 19.0. The van der Waals surface area contributed by atoms with Gasteiger partial charge in [-0.2, -0.15) is 0 Å². The maximum absolute atomic E-state index is 13.2. The van der Waals surface area contributed by atoms with Crippen LogP contribution in [0.15, 0.2) is 10.6 Å². The Morgan fingerprint density at radius 3 is 2.59 bits per heavy atom. The lowest BCUT2D eigenvalue weighted by molar-refractivity contribution is 0.0921. The van der Waals surface area contributed by atoms with E-state index in [9.17, 15) is 13.2 Å². The number of aryl methyl sites for hydroxylation is 1. The zero-order valence-corrected chi connectivity index (χ0v) is 19.8. The van der Waals surface area contributed by atoms with E-state index in [2.05, 4.69) is 15.8 Å². The molecule has 0 bridgehead atoms. The molecule has 2 fully saturated rings. The highest BCUT2D eigenvalue weighted by molar-refractivity contribution is 7.92. The molecule has 3 rings (SSSR count). The Balaban J connectivity index is 1.56. The van der Waals surface area contributed by atoms with Gasteiger partial charge in [0.1, 0.15) is 5.76 Å². The van der Waals surface area contributed by atoms with Crippen molar-refractivity contribution in [2.75, 3.05) is 18.9 Å². The van der Waals surface area contributed by atoms with Gasteiger partial charge in [-0.25, -0.2) is 8.42 Å². The molecule has 2 aliphatic rings. The third-order valence-corrected chi connectivity index (χ3v) is 9.24. The third-order valence-electron chi connectivity index (χ3n) is 6.82. The first-order chi connectivity index (χ1) is 15.3. The Hall–Kier alpha value is -1.49. The zero-order chi connectivity index (χ0) is 23.1. The number of hydrogen-bond donors (Lipinski definition) is 4. The largest absolute Gasteiger partial charge is 0.395 e. The Kier molecular flexibility index (Phi) is 9.10. The van der Waals surface area contributed by atoms with Crippen LogP contribution in [-0.4, -0.2) is 66.9 Å². The standard InChI is InChI=1S/C22H38N4O5S/c1-2-19-13-21(26-31-19)22(28)25-18-11-15(3-4-16(23)12-18)14-32(29,30)20-7-5-17(6-8-20)24-9-10-27/h13,15-18,20,24,27H,2-12,14,23H2,1H3,(H,25,28)/t15-,16+,17-,18+,20-/m0/s1. The SMILES string of the molecule is CCc1cc(C(=O)N[C@H]2C[C@H](N)CC[C@H](CS(=O)(=O)[C@H]3CC[C@H](NCCO)CC3)C2)no1. The third kappa shape index (κ3) is 7.00. The van der Waals surface area contributed by atoms with Crippen LogP contribution >= 0.6 is 0 Å². The molecule has 182 valence electrons. The minimum Gasteiger partial charge on any atom is -0.395 e. The molecule has 2 aliphatic carbocycles. The molecule has 5 N–H and O–H groups in total. The van der Waals surface area contributed by atoms with Crippen LogP contribution < -0.4 is 16.4 Å². The molecule has 1 heterocycles. The van der Waals surface area contributed by atoms with Crippen molar-refractivity contribution < 1.29 is 22.8 Å². The summed E-state index contributed by atoms with van der Waals surface area (Å²) in [6, 6.07) is 1.68. The summed E-state index contributed by atoms with van der Waals surface area (Å²) in [5.41, 5.74) is 6.48. The van der Waals surface area contributed by atoms with E-state index in [0.29, 0.717) is 44.4 Å². The first-order valence-corrected chi connectivity index (χ1v) is 13.6.